The summed E-state index contributed by atoms with van der Waals surface area (Å²) in [6, 6.07) is 32.5. The molecule has 3 rings (SSSR count). The second-order valence-electron chi connectivity index (χ2n) is 5.03. The van der Waals surface area contributed by atoms with Crippen molar-refractivity contribution in [2.75, 3.05) is 0 Å². The van der Waals surface area contributed by atoms with Crippen LogP contribution in [-0.4, -0.2) is 6.01 Å². The Labute approximate surface area is 130 Å². The van der Waals surface area contributed by atoms with Crippen LogP contribution in [0.1, 0.15) is 16.7 Å². The first-order valence-corrected chi connectivity index (χ1v) is 7.18. The van der Waals surface area contributed by atoms with Crippen molar-refractivity contribution in [3.63, 3.8) is 0 Å². The van der Waals surface area contributed by atoms with Gasteiger partial charge in [0.05, 0.1) is 6.01 Å². The molecule has 0 saturated carbocycles. The molecular weight excluding hydrogens is 268 g/mol. The molecule has 0 radical (unpaired) electrons. The van der Waals surface area contributed by atoms with Crippen molar-refractivity contribution in [1.82, 2.24) is 0 Å². The predicted molar refractivity (Wildman–Crippen MR) is 89.4 cm³/mol. The van der Waals surface area contributed by atoms with E-state index in [0.29, 0.717) is 0 Å². The number of rotatable bonds is 4. The molecule has 2 heteroatoms. The molecule has 1 N–H and O–H groups in total. The average Bonchev–Trinajstić information content (AvgIpc) is 2.62. The minimum Gasteiger partial charge on any atom is -0.242 e. The van der Waals surface area contributed by atoms with Crippen LogP contribution in [-0.2, 0) is 5.54 Å². The smallest absolute Gasteiger partial charge is 0.147 e. The fraction of sp³-hybridized carbons (Fsp3) is 0.0500. The van der Waals surface area contributed by atoms with E-state index in [2.05, 4.69) is 11.0 Å². The van der Waals surface area contributed by atoms with Crippen molar-refractivity contribution in [3.8, 4) is 0 Å². The van der Waals surface area contributed by atoms with Gasteiger partial charge in [-0.15, -0.1) is 0 Å². The van der Waals surface area contributed by atoms with Crippen LogP contribution < -0.4 is 0 Å². The maximum absolute atomic E-state index is 7.49. The summed E-state index contributed by atoms with van der Waals surface area (Å²) in [5.41, 5.74) is 2.32. The maximum Gasteiger partial charge on any atom is 0.147 e. The van der Waals surface area contributed by atoms with Crippen molar-refractivity contribution in [3.05, 3.63) is 108 Å². The molecule has 0 aromatic heterocycles. The largest absolute Gasteiger partial charge is 0.242 e. The van der Waals surface area contributed by atoms with Gasteiger partial charge in [-0.3, -0.25) is 0 Å². The molecule has 0 aliphatic carbocycles. The van der Waals surface area contributed by atoms with Gasteiger partial charge in [0, 0.05) is 0 Å². The molecule has 0 saturated heterocycles. The number of aliphatic imine (C=N–C) groups is 1. The molecular formula is C20H16N2. The molecule has 2 nitrogen and oxygen atoms in total. The van der Waals surface area contributed by atoms with E-state index < -0.39 is 5.54 Å². The third-order valence-electron chi connectivity index (χ3n) is 3.80. The Morgan fingerprint density at radius 1 is 0.591 bits per heavy atom. The topological polar surface area (TPSA) is 36.2 Å². The van der Waals surface area contributed by atoms with Crippen molar-refractivity contribution in [2.45, 2.75) is 5.54 Å². The Morgan fingerprint density at radius 3 is 1.18 bits per heavy atom. The molecule has 0 aliphatic rings. The second kappa shape index (κ2) is 6.21. The Kier molecular flexibility index (Phi) is 3.95. The number of hydrogen-bond donors (Lipinski definition) is 1. The Hall–Kier alpha value is -2.96. The highest BCUT2D eigenvalue weighted by atomic mass is 14.9. The summed E-state index contributed by atoms with van der Waals surface area (Å²) in [5.74, 6) is 0. The fourth-order valence-electron chi connectivity index (χ4n) is 2.82. The van der Waals surface area contributed by atoms with Crippen LogP contribution in [0.4, 0.5) is 0 Å². The van der Waals surface area contributed by atoms with Crippen LogP contribution >= 0.6 is 0 Å². The van der Waals surface area contributed by atoms with Gasteiger partial charge in [0.15, 0.2) is 0 Å². The second-order valence-corrected chi connectivity index (χ2v) is 5.03. The molecule has 0 atom stereocenters. The normalized spacial score (nSPS) is 10.7. The highest BCUT2D eigenvalue weighted by molar-refractivity contribution is 5.54. The first-order valence-electron chi connectivity index (χ1n) is 7.18. The molecule has 22 heavy (non-hydrogen) atoms. The first kappa shape index (κ1) is 14.0. The molecule has 0 heterocycles. The minimum atomic E-state index is -0.745. The third-order valence-corrected chi connectivity index (χ3v) is 3.80. The Bertz CT molecular complexity index is 677. The lowest BCUT2D eigenvalue weighted by molar-refractivity contribution is 0.660. The zero-order chi connectivity index (χ0) is 15.3. The molecule has 0 unspecified atom stereocenters. The van der Waals surface area contributed by atoms with Gasteiger partial charge in [-0.2, -0.15) is 0 Å². The van der Waals surface area contributed by atoms with Crippen LogP contribution in [0.2, 0.25) is 0 Å². The van der Waals surface area contributed by atoms with Crippen LogP contribution in [0.25, 0.3) is 0 Å². The first-order chi connectivity index (χ1) is 10.9. The number of hydrogen-bond acceptors (Lipinski definition) is 2. The lowest BCUT2D eigenvalue weighted by Gasteiger charge is -2.30. The lowest BCUT2D eigenvalue weighted by Crippen LogP contribution is -2.26. The van der Waals surface area contributed by atoms with Crippen molar-refractivity contribution >= 4 is 6.01 Å². The number of nitrogens with one attached hydrogen (secondary N) is 1. The van der Waals surface area contributed by atoms with E-state index in [1.54, 1.807) is 0 Å². The van der Waals surface area contributed by atoms with Gasteiger partial charge in [-0.05, 0) is 16.7 Å². The lowest BCUT2D eigenvalue weighted by atomic mass is 9.77. The molecule has 0 amide bonds. The zero-order valence-corrected chi connectivity index (χ0v) is 12.1. The maximum atomic E-state index is 7.49. The van der Waals surface area contributed by atoms with E-state index in [1.807, 2.05) is 91.0 Å². The van der Waals surface area contributed by atoms with Crippen LogP contribution in [0.3, 0.4) is 0 Å². The average molecular weight is 284 g/mol. The van der Waals surface area contributed by atoms with E-state index in [1.165, 1.54) is 0 Å². The summed E-state index contributed by atoms with van der Waals surface area (Å²) in [5, 5.41) is 7.49. The standard InChI is InChI=1S/C20H16N2/c21-16-22-20(17-10-4-1-5-11-17,18-12-6-2-7-13-18)19-14-8-3-9-15-19/h1-15,21H. The van der Waals surface area contributed by atoms with Gasteiger partial charge >= 0.3 is 0 Å². The summed E-state index contributed by atoms with van der Waals surface area (Å²) >= 11 is 0. The number of nitrogens with zero attached hydrogens (tertiary/aromatic N) is 1. The SMILES string of the molecule is N=C=NC(c1ccccc1)(c1ccccc1)c1ccccc1. The Balaban J connectivity index is 2.37. The van der Waals surface area contributed by atoms with Crippen molar-refractivity contribution < 1.29 is 0 Å². The highest BCUT2D eigenvalue weighted by Crippen LogP contribution is 2.39. The van der Waals surface area contributed by atoms with Gasteiger partial charge < -0.3 is 0 Å². The summed E-state index contributed by atoms with van der Waals surface area (Å²) in [6.07, 6.45) is 0. The predicted octanol–water partition coefficient (Wildman–Crippen LogP) is 4.73. The molecule has 106 valence electrons. The van der Waals surface area contributed by atoms with Crippen LogP contribution in [0.15, 0.2) is 96.0 Å². The van der Waals surface area contributed by atoms with Crippen molar-refractivity contribution in [1.29, 1.82) is 5.41 Å². The van der Waals surface area contributed by atoms with E-state index in [0.717, 1.165) is 16.7 Å². The van der Waals surface area contributed by atoms with E-state index in [-0.39, 0.29) is 0 Å². The molecule has 3 aromatic rings. The summed E-state index contributed by atoms with van der Waals surface area (Å²) in [6.45, 7) is 0. The molecule has 0 fully saturated rings. The minimum absolute atomic E-state index is 0.745. The van der Waals surface area contributed by atoms with Crippen LogP contribution in [0, 0.1) is 5.41 Å². The quantitative estimate of drug-likeness (QED) is 0.531. The summed E-state index contributed by atoms with van der Waals surface area (Å²) in [4.78, 5) is 4.48. The Morgan fingerprint density at radius 2 is 0.909 bits per heavy atom. The third kappa shape index (κ3) is 2.37. The van der Waals surface area contributed by atoms with Gasteiger partial charge in [0.25, 0.3) is 0 Å². The van der Waals surface area contributed by atoms with Crippen molar-refractivity contribution in [2.24, 2.45) is 4.99 Å². The van der Waals surface area contributed by atoms with E-state index >= 15 is 0 Å². The summed E-state index contributed by atoms with van der Waals surface area (Å²) < 4.78 is 0. The van der Waals surface area contributed by atoms with Gasteiger partial charge in [-0.1, -0.05) is 91.0 Å². The fourth-order valence-corrected chi connectivity index (χ4v) is 2.82. The molecule has 0 aliphatic heterocycles. The molecule has 3 aromatic carbocycles. The van der Waals surface area contributed by atoms with E-state index in [9.17, 15) is 0 Å². The van der Waals surface area contributed by atoms with Gasteiger partial charge in [-0.25, -0.2) is 10.4 Å². The molecule has 0 spiro atoms. The monoisotopic (exact) mass is 284 g/mol. The molecule has 0 bridgehead atoms. The summed E-state index contributed by atoms with van der Waals surface area (Å²) in [7, 11) is 0. The van der Waals surface area contributed by atoms with E-state index in [4.69, 9.17) is 5.41 Å². The zero-order valence-electron chi connectivity index (χ0n) is 12.1. The van der Waals surface area contributed by atoms with Gasteiger partial charge in [0.1, 0.15) is 5.54 Å². The highest BCUT2D eigenvalue weighted by Gasteiger charge is 2.35. The number of benzene rings is 3. The van der Waals surface area contributed by atoms with Crippen LogP contribution in [0.5, 0.6) is 0 Å². The van der Waals surface area contributed by atoms with Gasteiger partial charge in [0.2, 0.25) is 0 Å².